The summed E-state index contributed by atoms with van der Waals surface area (Å²) in [5.74, 6) is 0.998. The van der Waals surface area contributed by atoms with Gasteiger partial charge in [0.25, 0.3) is 5.82 Å². The minimum atomic E-state index is -4.29. The minimum Gasteiger partial charge on any atom is -0.748 e. The average molecular weight is 374 g/mol. The third kappa shape index (κ3) is 2.87. The Morgan fingerprint density at radius 1 is 1.35 bits per heavy atom. The number of aromatic nitrogens is 3. The summed E-state index contributed by atoms with van der Waals surface area (Å²) in [6, 6.07) is 4.06. The van der Waals surface area contributed by atoms with Crippen LogP contribution in [0.3, 0.4) is 0 Å². The zero-order valence-electron chi connectivity index (χ0n) is 15.4. The van der Waals surface area contributed by atoms with Crippen molar-refractivity contribution in [1.82, 2.24) is 9.13 Å². The monoisotopic (exact) mass is 374 g/mol. The van der Waals surface area contributed by atoms with Crippen LogP contribution < -0.4 is 4.57 Å². The topological polar surface area (TPSA) is 75.3 Å². The SMILES string of the molecule is [C-]#[N+]c1cn(C)c2cc3c(cc12)[n+](CCC(C)S(=O)(=O)[O-])c(C)n3CC. The number of nitrogens with zero attached hydrogens (tertiary/aromatic N) is 4. The lowest BCUT2D eigenvalue weighted by Gasteiger charge is -2.14. The lowest BCUT2D eigenvalue weighted by atomic mass is 10.2. The van der Waals surface area contributed by atoms with Crippen LogP contribution in [0.2, 0.25) is 0 Å². The second kappa shape index (κ2) is 6.41. The van der Waals surface area contributed by atoms with Crippen LogP contribution in [0.1, 0.15) is 26.1 Å². The molecule has 138 valence electrons. The van der Waals surface area contributed by atoms with Crippen molar-refractivity contribution in [2.75, 3.05) is 0 Å². The molecule has 0 spiro atoms. The van der Waals surface area contributed by atoms with Gasteiger partial charge in [-0.15, -0.1) is 0 Å². The molecule has 1 atom stereocenters. The third-order valence-corrected chi connectivity index (χ3v) is 6.34. The van der Waals surface area contributed by atoms with E-state index in [1.807, 2.05) is 35.4 Å². The van der Waals surface area contributed by atoms with Gasteiger partial charge in [0.1, 0.15) is 0 Å². The van der Waals surface area contributed by atoms with E-state index in [2.05, 4.69) is 22.4 Å². The van der Waals surface area contributed by atoms with Crippen molar-refractivity contribution in [2.24, 2.45) is 7.05 Å². The second-order valence-electron chi connectivity index (χ2n) is 6.63. The van der Waals surface area contributed by atoms with Gasteiger partial charge in [-0.25, -0.2) is 22.4 Å². The zero-order valence-corrected chi connectivity index (χ0v) is 16.2. The van der Waals surface area contributed by atoms with Crippen molar-refractivity contribution in [2.45, 2.75) is 45.5 Å². The number of hydrogen-bond donors (Lipinski definition) is 0. The number of rotatable bonds is 5. The number of fused-ring (bicyclic) bond motifs is 2. The molecule has 0 N–H and O–H groups in total. The van der Waals surface area contributed by atoms with Crippen molar-refractivity contribution in [3.8, 4) is 0 Å². The van der Waals surface area contributed by atoms with E-state index in [-0.39, 0.29) is 6.42 Å². The Morgan fingerprint density at radius 3 is 2.62 bits per heavy atom. The molecule has 26 heavy (non-hydrogen) atoms. The van der Waals surface area contributed by atoms with Gasteiger partial charge >= 0.3 is 0 Å². The number of imidazole rings is 1. The molecular formula is C18H22N4O3S. The molecule has 0 aliphatic carbocycles. The van der Waals surface area contributed by atoms with Crippen LogP contribution in [0, 0.1) is 13.5 Å². The van der Waals surface area contributed by atoms with E-state index >= 15 is 0 Å². The van der Waals surface area contributed by atoms with Crippen LogP contribution in [-0.2, 0) is 30.3 Å². The summed E-state index contributed by atoms with van der Waals surface area (Å²) in [6.45, 7) is 14.1. The maximum atomic E-state index is 11.2. The van der Waals surface area contributed by atoms with E-state index in [1.165, 1.54) is 6.92 Å². The first-order chi connectivity index (χ1) is 12.2. The molecule has 8 heteroatoms. The fourth-order valence-corrected chi connectivity index (χ4v) is 3.93. The van der Waals surface area contributed by atoms with Gasteiger partial charge in [-0.1, -0.05) is 0 Å². The van der Waals surface area contributed by atoms with Gasteiger partial charge in [0.05, 0.1) is 35.0 Å². The second-order valence-corrected chi connectivity index (χ2v) is 8.42. The summed E-state index contributed by atoms with van der Waals surface area (Å²) in [7, 11) is -2.37. The average Bonchev–Trinajstić information content (AvgIpc) is 3.03. The molecule has 2 heterocycles. The molecule has 1 unspecified atom stereocenters. The van der Waals surface area contributed by atoms with Crippen molar-refractivity contribution >= 4 is 37.7 Å². The lowest BCUT2D eigenvalue weighted by molar-refractivity contribution is -0.678. The largest absolute Gasteiger partial charge is 0.748 e. The van der Waals surface area contributed by atoms with Gasteiger partial charge in [-0.3, -0.25) is 0 Å². The zero-order chi connectivity index (χ0) is 19.2. The lowest BCUT2D eigenvalue weighted by Crippen LogP contribution is -2.38. The van der Waals surface area contributed by atoms with Crippen molar-refractivity contribution in [3.63, 3.8) is 0 Å². The number of aryl methyl sites for hydroxylation is 3. The number of benzene rings is 1. The Hall–Kier alpha value is -2.37. The van der Waals surface area contributed by atoms with Crippen LogP contribution in [-0.4, -0.2) is 27.4 Å². The molecule has 0 saturated carbocycles. The fraction of sp³-hybridized carbons (Fsp3) is 0.444. The van der Waals surface area contributed by atoms with Gasteiger partial charge < -0.3 is 9.12 Å². The van der Waals surface area contributed by atoms with E-state index in [1.54, 1.807) is 0 Å². The quantitative estimate of drug-likeness (QED) is 0.391. The van der Waals surface area contributed by atoms with Crippen LogP contribution in [0.25, 0.3) is 26.8 Å². The molecule has 2 aromatic heterocycles. The van der Waals surface area contributed by atoms with Gasteiger partial charge in [-0.2, -0.15) is 0 Å². The molecule has 0 saturated heterocycles. The molecule has 0 amide bonds. The molecule has 0 fully saturated rings. The molecule has 3 aromatic rings. The van der Waals surface area contributed by atoms with E-state index < -0.39 is 15.4 Å². The molecule has 0 bridgehead atoms. The Morgan fingerprint density at radius 2 is 2.04 bits per heavy atom. The van der Waals surface area contributed by atoms with E-state index in [9.17, 15) is 13.0 Å². The summed E-state index contributed by atoms with van der Waals surface area (Å²) < 4.78 is 39.8. The highest BCUT2D eigenvalue weighted by molar-refractivity contribution is 7.86. The van der Waals surface area contributed by atoms with Gasteiger partial charge in [-0.05, 0) is 19.9 Å². The highest BCUT2D eigenvalue weighted by Crippen LogP contribution is 2.31. The van der Waals surface area contributed by atoms with Crippen LogP contribution in [0.4, 0.5) is 5.69 Å². The standard InChI is InChI=1S/C18H22N4O3S/c1-6-21-13(3)22(8-7-12(2)26(23,24)25)17-9-14-15(19-4)11-20(5)16(14)10-18(17)21/h9-12H,6-8H2,1-3,5H3. The first-order valence-electron chi connectivity index (χ1n) is 8.52. The number of hydrogen-bond acceptors (Lipinski definition) is 3. The first kappa shape index (κ1) is 18.4. The van der Waals surface area contributed by atoms with Crippen molar-refractivity contribution in [3.05, 3.63) is 35.6 Å². The maximum absolute atomic E-state index is 11.2. The predicted molar refractivity (Wildman–Crippen MR) is 99.1 cm³/mol. The summed E-state index contributed by atoms with van der Waals surface area (Å²) in [6.07, 6.45) is 2.07. The Kier molecular flexibility index (Phi) is 4.54. The fourth-order valence-electron chi connectivity index (χ4n) is 3.54. The molecule has 0 aliphatic heterocycles. The summed E-state index contributed by atoms with van der Waals surface area (Å²) >= 11 is 0. The van der Waals surface area contributed by atoms with Crippen molar-refractivity contribution < 1.29 is 17.5 Å². The highest BCUT2D eigenvalue weighted by atomic mass is 32.2. The maximum Gasteiger partial charge on any atom is 0.254 e. The smallest absolute Gasteiger partial charge is 0.254 e. The third-order valence-electron chi connectivity index (χ3n) is 5.12. The van der Waals surface area contributed by atoms with E-state index in [4.69, 9.17) is 6.57 Å². The first-order valence-corrected chi connectivity index (χ1v) is 10.00. The summed E-state index contributed by atoms with van der Waals surface area (Å²) in [5.41, 5.74) is 3.56. The molecular weight excluding hydrogens is 352 g/mol. The molecule has 7 nitrogen and oxygen atoms in total. The molecule has 3 rings (SSSR count). The highest BCUT2D eigenvalue weighted by Gasteiger charge is 2.24. The minimum absolute atomic E-state index is 0.253. The molecule has 0 aliphatic rings. The predicted octanol–water partition coefficient (Wildman–Crippen LogP) is 2.62. The van der Waals surface area contributed by atoms with Crippen LogP contribution in [0.15, 0.2) is 18.3 Å². The van der Waals surface area contributed by atoms with E-state index in [0.29, 0.717) is 12.2 Å². The van der Waals surface area contributed by atoms with Crippen molar-refractivity contribution in [1.29, 1.82) is 0 Å². The Balaban J connectivity index is 2.20. The Labute approximate surface area is 153 Å². The molecule has 1 aromatic carbocycles. The van der Waals surface area contributed by atoms with E-state index in [0.717, 1.165) is 34.3 Å². The van der Waals surface area contributed by atoms with Gasteiger partial charge in [0.2, 0.25) is 5.69 Å². The molecule has 0 radical (unpaired) electrons. The van der Waals surface area contributed by atoms with Crippen LogP contribution >= 0.6 is 0 Å². The normalized spacial score (nSPS) is 13.4. The summed E-state index contributed by atoms with van der Waals surface area (Å²) in [5, 5.41) is -0.0600. The van der Waals surface area contributed by atoms with Gasteiger partial charge in [0, 0.05) is 43.6 Å². The Bertz CT molecular complexity index is 1150. The van der Waals surface area contributed by atoms with Gasteiger partial charge in [0.15, 0.2) is 11.0 Å². The summed E-state index contributed by atoms with van der Waals surface area (Å²) in [4.78, 5) is 3.60. The van der Waals surface area contributed by atoms with Crippen LogP contribution in [0.5, 0.6) is 0 Å².